The van der Waals surface area contributed by atoms with Gasteiger partial charge in [-0.15, -0.1) is 0 Å². The first kappa shape index (κ1) is 19.6. The van der Waals surface area contributed by atoms with Gasteiger partial charge in [0.1, 0.15) is 0 Å². The topological polar surface area (TPSA) is 63.0 Å². The van der Waals surface area contributed by atoms with Gasteiger partial charge in [0.2, 0.25) is 0 Å². The van der Waals surface area contributed by atoms with Crippen LogP contribution in [0.2, 0.25) is 0 Å². The fourth-order valence-corrected chi connectivity index (χ4v) is 5.01. The zero-order valence-electron chi connectivity index (χ0n) is 16.8. The summed E-state index contributed by atoms with van der Waals surface area (Å²) < 4.78 is 0. The molecule has 0 spiro atoms. The molecule has 4 nitrogen and oxygen atoms in total. The van der Waals surface area contributed by atoms with Crippen molar-refractivity contribution in [2.24, 2.45) is 5.73 Å². The van der Waals surface area contributed by atoms with Crippen molar-refractivity contribution in [1.82, 2.24) is 15.6 Å². The lowest BCUT2D eigenvalue weighted by Crippen LogP contribution is -2.39. The van der Waals surface area contributed by atoms with E-state index < -0.39 is 0 Å². The fraction of sp³-hybridized carbons (Fsp3) is 0.542. The molecule has 0 amide bonds. The Morgan fingerprint density at radius 3 is 2.93 bits per heavy atom. The van der Waals surface area contributed by atoms with Crippen LogP contribution in [0.1, 0.15) is 67.3 Å². The maximum Gasteiger partial charge on any atom is 0.0605 e. The van der Waals surface area contributed by atoms with Crippen molar-refractivity contribution in [3.63, 3.8) is 0 Å². The van der Waals surface area contributed by atoms with Crippen molar-refractivity contribution < 1.29 is 0 Å². The zero-order chi connectivity index (χ0) is 19.2. The molecule has 28 heavy (non-hydrogen) atoms. The lowest BCUT2D eigenvalue weighted by atomic mass is 9.89. The number of nitrogens with two attached hydrogens (primary N) is 1. The molecule has 1 fully saturated rings. The van der Waals surface area contributed by atoms with Gasteiger partial charge in [-0.3, -0.25) is 4.98 Å². The van der Waals surface area contributed by atoms with E-state index >= 15 is 0 Å². The van der Waals surface area contributed by atoms with E-state index in [1.54, 1.807) is 0 Å². The molecule has 4 atom stereocenters. The van der Waals surface area contributed by atoms with Gasteiger partial charge < -0.3 is 16.4 Å². The smallest absolute Gasteiger partial charge is 0.0605 e. The van der Waals surface area contributed by atoms with E-state index in [1.165, 1.54) is 42.5 Å². The molecule has 150 valence electrons. The molecule has 1 aliphatic heterocycles. The van der Waals surface area contributed by atoms with Crippen LogP contribution in [0, 0.1) is 0 Å². The minimum absolute atomic E-state index is 0.388. The first-order valence-corrected chi connectivity index (χ1v) is 11.0. The van der Waals surface area contributed by atoms with Gasteiger partial charge in [-0.2, -0.15) is 0 Å². The van der Waals surface area contributed by atoms with E-state index in [-0.39, 0.29) is 0 Å². The summed E-state index contributed by atoms with van der Waals surface area (Å²) in [5, 5.41) is 7.75. The quantitative estimate of drug-likeness (QED) is 0.655. The van der Waals surface area contributed by atoms with E-state index in [9.17, 15) is 0 Å². The molecule has 2 unspecified atom stereocenters. The van der Waals surface area contributed by atoms with E-state index in [2.05, 4.69) is 53.1 Å². The summed E-state index contributed by atoms with van der Waals surface area (Å²) in [5.41, 5.74) is 10.00. The van der Waals surface area contributed by atoms with E-state index in [4.69, 9.17) is 10.7 Å². The van der Waals surface area contributed by atoms with E-state index in [0.29, 0.717) is 24.0 Å². The predicted molar refractivity (Wildman–Crippen MR) is 115 cm³/mol. The van der Waals surface area contributed by atoms with Gasteiger partial charge in [0.05, 0.1) is 5.69 Å². The molecule has 0 saturated carbocycles. The van der Waals surface area contributed by atoms with Gasteiger partial charge in [-0.05, 0) is 74.6 Å². The Balaban J connectivity index is 1.39. The standard InChI is InChI=1S/C24H34N4/c25-13-5-11-21(28-23-12-4-9-19-10-6-14-26-24(19)23)16-22-15-20(17-27-22)18-7-2-1-3-8-18/h1-3,6-8,10,14,20-23,27-28H,4-5,9,11-13,15-17,25H2/t20?,21?,22-,23-/m0/s1. The second kappa shape index (κ2) is 9.64. The van der Waals surface area contributed by atoms with E-state index in [0.717, 1.165) is 32.4 Å². The highest BCUT2D eigenvalue weighted by atomic mass is 15.0. The molecule has 2 heterocycles. The Kier molecular flexibility index (Phi) is 6.73. The monoisotopic (exact) mass is 378 g/mol. The van der Waals surface area contributed by atoms with E-state index in [1.807, 2.05) is 6.20 Å². The van der Waals surface area contributed by atoms with Crippen LogP contribution in [0.5, 0.6) is 0 Å². The second-order valence-corrected chi connectivity index (χ2v) is 8.47. The maximum absolute atomic E-state index is 5.84. The molecule has 4 rings (SSSR count). The van der Waals surface area contributed by atoms with Gasteiger partial charge >= 0.3 is 0 Å². The van der Waals surface area contributed by atoms with Gasteiger partial charge in [-0.1, -0.05) is 36.4 Å². The first-order valence-electron chi connectivity index (χ1n) is 11.0. The molecule has 1 aromatic heterocycles. The average molecular weight is 379 g/mol. The Morgan fingerprint density at radius 1 is 1.18 bits per heavy atom. The van der Waals surface area contributed by atoms with Crippen LogP contribution in [0.25, 0.3) is 0 Å². The summed E-state index contributed by atoms with van der Waals surface area (Å²) in [6, 6.07) is 16.7. The summed E-state index contributed by atoms with van der Waals surface area (Å²) >= 11 is 0. The molecule has 4 heteroatoms. The van der Waals surface area contributed by atoms with Crippen molar-refractivity contribution in [3.05, 3.63) is 65.5 Å². The fourth-order valence-electron chi connectivity index (χ4n) is 5.01. The van der Waals surface area contributed by atoms with Crippen LogP contribution in [-0.2, 0) is 6.42 Å². The summed E-state index contributed by atoms with van der Waals surface area (Å²) in [5.74, 6) is 0.637. The third kappa shape index (κ3) is 4.80. The molecule has 4 N–H and O–H groups in total. The summed E-state index contributed by atoms with van der Waals surface area (Å²) in [6.07, 6.45) is 10.2. The van der Waals surface area contributed by atoms with Crippen LogP contribution in [0.15, 0.2) is 48.7 Å². The van der Waals surface area contributed by atoms with Crippen LogP contribution in [0.4, 0.5) is 0 Å². The molecule has 2 aliphatic rings. The van der Waals surface area contributed by atoms with Crippen LogP contribution in [0.3, 0.4) is 0 Å². The second-order valence-electron chi connectivity index (χ2n) is 8.47. The minimum atomic E-state index is 0.388. The molecule has 0 bridgehead atoms. The molecule has 0 radical (unpaired) electrons. The summed E-state index contributed by atoms with van der Waals surface area (Å²) in [6.45, 7) is 1.86. The Morgan fingerprint density at radius 2 is 2.07 bits per heavy atom. The van der Waals surface area contributed by atoms with Crippen molar-refractivity contribution in [1.29, 1.82) is 0 Å². The SMILES string of the molecule is NCCCC(C[C@@H]1CC(c2ccccc2)CN1)N[C@H]1CCCc2cccnc21. The largest absolute Gasteiger partial charge is 0.330 e. The summed E-state index contributed by atoms with van der Waals surface area (Å²) in [4.78, 5) is 4.71. The molecular weight excluding hydrogens is 344 g/mol. The highest BCUT2D eigenvalue weighted by Crippen LogP contribution is 2.31. The normalized spacial score (nSPS) is 25.4. The summed E-state index contributed by atoms with van der Waals surface area (Å²) in [7, 11) is 0. The number of nitrogens with zero attached hydrogens (tertiary/aromatic N) is 1. The van der Waals surface area contributed by atoms with Gasteiger partial charge in [0.15, 0.2) is 0 Å². The predicted octanol–water partition coefficient (Wildman–Crippen LogP) is 3.69. The van der Waals surface area contributed by atoms with Gasteiger partial charge in [0.25, 0.3) is 0 Å². The molecule has 2 aromatic rings. The van der Waals surface area contributed by atoms with Gasteiger partial charge in [0, 0.05) is 30.9 Å². The number of benzene rings is 1. The number of fused-ring (bicyclic) bond motifs is 1. The number of aromatic nitrogens is 1. The Labute approximate surface area is 169 Å². The number of hydrogen-bond acceptors (Lipinski definition) is 4. The van der Waals surface area contributed by atoms with Crippen molar-refractivity contribution >= 4 is 0 Å². The molecule has 1 aliphatic carbocycles. The van der Waals surface area contributed by atoms with Crippen LogP contribution >= 0.6 is 0 Å². The molecule has 1 aromatic carbocycles. The Hall–Kier alpha value is -1.75. The average Bonchev–Trinajstić information content (AvgIpc) is 3.21. The number of hydrogen-bond donors (Lipinski definition) is 3. The number of aryl methyl sites for hydroxylation is 1. The third-order valence-corrected chi connectivity index (χ3v) is 6.45. The first-order chi connectivity index (χ1) is 13.8. The number of nitrogens with one attached hydrogen (secondary N) is 2. The number of rotatable bonds is 8. The van der Waals surface area contributed by atoms with Crippen molar-refractivity contribution in [3.8, 4) is 0 Å². The highest BCUT2D eigenvalue weighted by Gasteiger charge is 2.29. The van der Waals surface area contributed by atoms with Gasteiger partial charge in [-0.25, -0.2) is 0 Å². The highest BCUT2D eigenvalue weighted by molar-refractivity contribution is 5.25. The maximum atomic E-state index is 5.84. The third-order valence-electron chi connectivity index (χ3n) is 6.45. The van der Waals surface area contributed by atoms with Crippen LogP contribution < -0.4 is 16.4 Å². The van der Waals surface area contributed by atoms with Crippen molar-refractivity contribution in [2.45, 2.75) is 69.0 Å². The lowest BCUT2D eigenvalue weighted by molar-refractivity contribution is 0.331. The van der Waals surface area contributed by atoms with Crippen LogP contribution in [-0.4, -0.2) is 30.2 Å². The molecule has 1 saturated heterocycles. The number of pyridine rings is 1. The zero-order valence-corrected chi connectivity index (χ0v) is 16.8. The van der Waals surface area contributed by atoms with Crippen molar-refractivity contribution in [2.75, 3.05) is 13.1 Å². The lowest BCUT2D eigenvalue weighted by Gasteiger charge is -2.31. The Bertz CT molecular complexity index is 732. The minimum Gasteiger partial charge on any atom is -0.330 e. The molecular formula is C24H34N4.